The van der Waals surface area contributed by atoms with Crippen LogP contribution < -0.4 is 5.73 Å². The van der Waals surface area contributed by atoms with E-state index >= 15 is 0 Å². The number of methoxy groups -OCH3 is 1. The topological polar surface area (TPSA) is 55.6 Å². The molecule has 1 aliphatic rings. The molecule has 0 radical (unpaired) electrons. The van der Waals surface area contributed by atoms with Gasteiger partial charge in [-0.2, -0.15) is 0 Å². The smallest absolute Gasteiger partial charge is 0.305 e. The number of carbonyl (C=O) groups is 1. The van der Waals surface area contributed by atoms with Crippen molar-refractivity contribution in [1.29, 1.82) is 0 Å². The first-order chi connectivity index (χ1) is 9.67. The number of aryl methyl sites for hydroxylation is 1. The molecule has 0 spiro atoms. The number of carbonyl (C=O) groups excluding carboxylic acids is 1. The maximum Gasteiger partial charge on any atom is 0.305 e. The molecule has 110 valence electrons. The van der Waals surface area contributed by atoms with Crippen molar-refractivity contribution in [3.8, 4) is 0 Å². The van der Waals surface area contributed by atoms with Crippen LogP contribution in [-0.2, 0) is 22.5 Å². The van der Waals surface area contributed by atoms with E-state index in [-0.39, 0.29) is 5.97 Å². The monoisotopic (exact) mass is 276 g/mol. The zero-order valence-corrected chi connectivity index (χ0v) is 12.2. The maximum atomic E-state index is 11.1. The van der Waals surface area contributed by atoms with E-state index in [0.717, 1.165) is 38.9 Å². The Bertz CT molecular complexity index is 423. The molecule has 4 nitrogen and oxygen atoms in total. The third-order valence-corrected chi connectivity index (χ3v) is 3.91. The minimum Gasteiger partial charge on any atom is -0.469 e. The Morgan fingerprint density at radius 2 is 1.85 bits per heavy atom. The van der Waals surface area contributed by atoms with Crippen LogP contribution in [0.2, 0.25) is 0 Å². The number of ether oxygens (including phenoxy) is 1. The molecule has 0 unspecified atom stereocenters. The third-order valence-electron chi connectivity index (χ3n) is 3.91. The molecular weight excluding hydrogens is 252 g/mol. The number of hydrogen-bond donors (Lipinski definition) is 1. The number of esters is 1. The summed E-state index contributed by atoms with van der Waals surface area (Å²) in [5.74, 6) is -0.154. The lowest BCUT2D eigenvalue weighted by molar-refractivity contribution is -0.140. The molecule has 1 aromatic rings. The average molecular weight is 276 g/mol. The van der Waals surface area contributed by atoms with E-state index in [9.17, 15) is 4.79 Å². The number of hydrogen-bond acceptors (Lipinski definition) is 4. The van der Waals surface area contributed by atoms with Crippen molar-refractivity contribution in [2.45, 2.75) is 38.3 Å². The van der Waals surface area contributed by atoms with E-state index in [1.165, 1.54) is 18.2 Å². The van der Waals surface area contributed by atoms with Crippen molar-refractivity contribution < 1.29 is 9.53 Å². The summed E-state index contributed by atoms with van der Waals surface area (Å²) in [6, 6.07) is 8.90. The van der Waals surface area contributed by atoms with Crippen molar-refractivity contribution in [3.63, 3.8) is 0 Å². The first-order valence-corrected chi connectivity index (χ1v) is 7.30. The summed E-state index contributed by atoms with van der Waals surface area (Å²) in [6.07, 6.45) is 3.37. The lowest BCUT2D eigenvalue weighted by Crippen LogP contribution is -2.39. The SMILES string of the molecule is COC(=O)CCc1ccc(CN2CCC(N)CC2)cc1. The molecule has 2 N–H and O–H groups in total. The summed E-state index contributed by atoms with van der Waals surface area (Å²) >= 11 is 0. The maximum absolute atomic E-state index is 11.1. The van der Waals surface area contributed by atoms with Gasteiger partial charge in [-0.05, 0) is 43.5 Å². The van der Waals surface area contributed by atoms with Gasteiger partial charge >= 0.3 is 5.97 Å². The van der Waals surface area contributed by atoms with Gasteiger partial charge in [-0.25, -0.2) is 0 Å². The highest BCUT2D eigenvalue weighted by Crippen LogP contribution is 2.14. The molecule has 0 saturated carbocycles. The molecule has 1 fully saturated rings. The lowest BCUT2D eigenvalue weighted by Gasteiger charge is -2.30. The molecule has 0 bridgehead atoms. The summed E-state index contributed by atoms with van der Waals surface area (Å²) in [7, 11) is 1.43. The summed E-state index contributed by atoms with van der Waals surface area (Å²) in [6.45, 7) is 3.17. The Morgan fingerprint density at radius 1 is 1.25 bits per heavy atom. The van der Waals surface area contributed by atoms with Gasteiger partial charge in [0.1, 0.15) is 0 Å². The standard InChI is InChI=1S/C16H24N2O2/c1-20-16(19)7-6-13-2-4-14(5-3-13)12-18-10-8-15(17)9-11-18/h2-5,15H,6-12,17H2,1H3. The highest BCUT2D eigenvalue weighted by atomic mass is 16.5. The second-order valence-corrected chi connectivity index (χ2v) is 5.51. The molecule has 0 aliphatic carbocycles. The second-order valence-electron chi connectivity index (χ2n) is 5.51. The normalized spacial score (nSPS) is 17.1. The fraction of sp³-hybridized carbons (Fsp3) is 0.562. The van der Waals surface area contributed by atoms with E-state index in [2.05, 4.69) is 33.9 Å². The predicted octanol–water partition coefficient (Wildman–Crippen LogP) is 1.72. The molecule has 2 rings (SSSR count). The first-order valence-electron chi connectivity index (χ1n) is 7.30. The summed E-state index contributed by atoms with van der Waals surface area (Å²) in [5, 5.41) is 0. The Morgan fingerprint density at radius 3 is 2.45 bits per heavy atom. The van der Waals surface area contributed by atoms with Crippen molar-refractivity contribution in [1.82, 2.24) is 4.90 Å². The fourth-order valence-electron chi connectivity index (χ4n) is 2.53. The van der Waals surface area contributed by atoms with Gasteiger partial charge in [0.2, 0.25) is 0 Å². The second kappa shape index (κ2) is 7.41. The van der Waals surface area contributed by atoms with E-state index in [1.807, 2.05) is 0 Å². The number of likely N-dealkylation sites (tertiary alicyclic amines) is 1. The van der Waals surface area contributed by atoms with E-state index in [1.54, 1.807) is 0 Å². The largest absolute Gasteiger partial charge is 0.469 e. The number of nitrogens with zero attached hydrogens (tertiary/aromatic N) is 1. The van der Waals surface area contributed by atoms with Gasteiger partial charge in [-0.1, -0.05) is 24.3 Å². The first kappa shape index (κ1) is 15.0. The molecule has 20 heavy (non-hydrogen) atoms. The number of nitrogens with two attached hydrogens (primary N) is 1. The van der Waals surface area contributed by atoms with Crippen LogP contribution in [-0.4, -0.2) is 37.1 Å². The highest BCUT2D eigenvalue weighted by Gasteiger charge is 2.15. The Labute approximate surface area is 120 Å². The fourth-order valence-corrected chi connectivity index (χ4v) is 2.53. The number of benzene rings is 1. The van der Waals surface area contributed by atoms with Crippen molar-refractivity contribution >= 4 is 5.97 Å². The molecule has 1 heterocycles. The minimum atomic E-state index is -0.154. The van der Waals surface area contributed by atoms with Gasteiger partial charge in [-0.15, -0.1) is 0 Å². The van der Waals surface area contributed by atoms with Crippen molar-refractivity contribution in [2.24, 2.45) is 5.73 Å². The van der Waals surface area contributed by atoms with Gasteiger partial charge in [0, 0.05) is 19.0 Å². The molecule has 1 saturated heterocycles. The predicted molar refractivity (Wildman–Crippen MR) is 79.3 cm³/mol. The highest BCUT2D eigenvalue weighted by molar-refractivity contribution is 5.69. The molecule has 0 amide bonds. The van der Waals surface area contributed by atoms with Crippen LogP contribution in [0.4, 0.5) is 0 Å². The average Bonchev–Trinajstić information content (AvgIpc) is 2.48. The van der Waals surface area contributed by atoms with Gasteiger partial charge in [0.15, 0.2) is 0 Å². The van der Waals surface area contributed by atoms with Crippen LogP contribution in [0.3, 0.4) is 0 Å². The van der Waals surface area contributed by atoms with Crippen LogP contribution in [0.1, 0.15) is 30.4 Å². The molecule has 0 aromatic heterocycles. The molecule has 4 heteroatoms. The van der Waals surface area contributed by atoms with Gasteiger partial charge < -0.3 is 10.5 Å². The molecule has 1 aliphatic heterocycles. The molecule has 1 aromatic carbocycles. The van der Waals surface area contributed by atoms with Gasteiger partial charge in [-0.3, -0.25) is 9.69 Å². The zero-order valence-electron chi connectivity index (χ0n) is 12.2. The van der Waals surface area contributed by atoms with Crippen LogP contribution in [0.15, 0.2) is 24.3 Å². The van der Waals surface area contributed by atoms with E-state index < -0.39 is 0 Å². The van der Waals surface area contributed by atoms with Crippen LogP contribution in [0.25, 0.3) is 0 Å². The number of rotatable bonds is 5. The van der Waals surface area contributed by atoms with E-state index in [0.29, 0.717) is 12.5 Å². The lowest BCUT2D eigenvalue weighted by atomic mass is 10.0. The summed E-state index contributed by atoms with van der Waals surface area (Å²) in [5.41, 5.74) is 8.42. The number of piperidine rings is 1. The quantitative estimate of drug-likeness (QED) is 0.832. The van der Waals surface area contributed by atoms with Crippen molar-refractivity contribution in [3.05, 3.63) is 35.4 Å². The minimum absolute atomic E-state index is 0.154. The van der Waals surface area contributed by atoms with Gasteiger partial charge in [0.05, 0.1) is 7.11 Å². The zero-order chi connectivity index (χ0) is 14.4. The summed E-state index contributed by atoms with van der Waals surface area (Å²) in [4.78, 5) is 13.6. The van der Waals surface area contributed by atoms with Crippen LogP contribution >= 0.6 is 0 Å². The van der Waals surface area contributed by atoms with Crippen LogP contribution in [0.5, 0.6) is 0 Å². The summed E-state index contributed by atoms with van der Waals surface area (Å²) < 4.78 is 4.65. The third kappa shape index (κ3) is 4.62. The van der Waals surface area contributed by atoms with E-state index in [4.69, 9.17) is 5.73 Å². The molecule has 0 atom stereocenters. The van der Waals surface area contributed by atoms with Gasteiger partial charge in [0.25, 0.3) is 0 Å². The van der Waals surface area contributed by atoms with Crippen molar-refractivity contribution in [2.75, 3.05) is 20.2 Å². The Hall–Kier alpha value is -1.39. The Kier molecular flexibility index (Phi) is 5.56. The Balaban J connectivity index is 1.80. The van der Waals surface area contributed by atoms with Crippen LogP contribution in [0, 0.1) is 0 Å². The molecular formula is C16H24N2O2.